The molecule has 9 heteroatoms. The molecule has 30 heavy (non-hydrogen) atoms. The molecule has 1 aromatic heterocycles. The number of aromatic nitrogens is 2. The molecule has 4 aromatic rings. The highest BCUT2D eigenvalue weighted by atomic mass is 16.6. The predicted octanol–water partition coefficient (Wildman–Crippen LogP) is 3.92. The molecule has 0 unspecified atom stereocenters. The van der Waals surface area contributed by atoms with Gasteiger partial charge in [0, 0.05) is 17.7 Å². The highest BCUT2D eigenvalue weighted by molar-refractivity contribution is 5.83. The Bertz CT molecular complexity index is 1200. The summed E-state index contributed by atoms with van der Waals surface area (Å²) in [5.74, 6) is 0.243. The summed E-state index contributed by atoms with van der Waals surface area (Å²) < 4.78 is 16.0. The first-order valence-corrected chi connectivity index (χ1v) is 8.93. The fourth-order valence-electron chi connectivity index (χ4n) is 2.74. The number of nitro groups is 1. The monoisotopic (exact) mass is 405 g/mol. The van der Waals surface area contributed by atoms with Gasteiger partial charge in [-0.3, -0.25) is 10.1 Å². The van der Waals surface area contributed by atoms with Crippen LogP contribution in [0.3, 0.4) is 0 Å². The van der Waals surface area contributed by atoms with E-state index in [9.17, 15) is 14.9 Å². The number of esters is 1. The minimum atomic E-state index is -0.585. The molecule has 4 rings (SSSR count). The summed E-state index contributed by atoms with van der Waals surface area (Å²) in [7, 11) is 0. The van der Waals surface area contributed by atoms with Crippen molar-refractivity contribution < 1.29 is 23.6 Å². The van der Waals surface area contributed by atoms with Crippen molar-refractivity contribution in [2.45, 2.75) is 6.61 Å². The predicted molar refractivity (Wildman–Crippen MR) is 106 cm³/mol. The van der Waals surface area contributed by atoms with Gasteiger partial charge in [0.15, 0.2) is 13.2 Å². The van der Waals surface area contributed by atoms with Crippen molar-refractivity contribution >= 4 is 22.4 Å². The Morgan fingerprint density at radius 1 is 1.00 bits per heavy atom. The molecular formula is C21H15N3O6. The Labute approximate surface area is 170 Å². The molecule has 3 aromatic carbocycles. The van der Waals surface area contributed by atoms with Gasteiger partial charge in [0.05, 0.1) is 4.92 Å². The van der Waals surface area contributed by atoms with Crippen molar-refractivity contribution in [2.75, 3.05) is 6.61 Å². The minimum Gasteiger partial charge on any atom is -0.482 e. The molecule has 9 nitrogen and oxygen atoms in total. The lowest BCUT2D eigenvalue weighted by Crippen LogP contribution is -2.14. The van der Waals surface area contributed by atoms with Crippen LogP contribution in [0.2, 0.25) is 0 Å². The number of benzene rings is 3. The van der Waals surface area contributed by atoms with E-state index in [1.165, 1.54) is 24.3 Å². The number of nitro benzene ring substituents is 1. The number of ether oxygens (including phenoxy) is 2. The van der Waals surface area contributed by atoms with Gasteiger partial charge in [-0.15, -0.1) is 10.2 Å². The number of nitrogens with zero attached hydrogens (tertiary/aromatic N) is 3. The van der Waals surface area contributed by atoms with Gasteiger partial charge in [-0.2, -0.15) is 0 Å². The zero-order chi connectivity index (χ0) is 20.9. The number of carbonyl (C=O) groups is 1. The molecule has 0 N–H and O–H groups in total. The van der Waals surface area contributed by atoms with E-state index in [1.807, 2.05) is 36.4 Å². The third-order valence-corrected chi connectivity index (χ3v) is 4.23. The second kappa shape index (κ2) is 8.39. The van der Waals surface area contributed by atoms with Crippen LogP contribution in [0.25, 0.3) is 22.2 Å². The van der Waals surface area contributed by atoms with Crippen LogP contribution in [0.1, 0.15) is 5.89 Å². The van der Waals surface area contributed by atoms with Crippen LogP contribution in [0, 0.1) is 10.1 Å². The SMILES string of the molecule is O=C(COc1ccc2ccccc2c1)OCc1nnc(-c2ccc([N+](=O)[O-])cc2)o1. The van der Waals surface area contributed by atoms with Crippen LogP contribution in [-0.2, 0) is 16.1 Å². The Kier molecular flexibility index (Phi) is 5.33. The van der Waals surface area contributed by atoms with Gasteiger partial charge < -0.3 is 13.9 Å². The Morgan fingerprint density at radius 2 is 1.77 bits per heavy atom. The van der Waals surface area contributed by atoms with Crippen molar-refractivity contribution in [2.24, 2.45) is 0 Å². The summed E-state index contributed by atoms with van der Waals surface area (Å²) in [6.45, 7) is -0.471. The summed E-state index contributed by atoms with van der Waals surface area (Å²) in [6, 6.07) is 19.0. The Morgan fingerprint density at radius 3 is 2.53 bits per heavy atom. The topological polar surface area (TPSA) is 118 Å². The summed E-state index contributed by atoms with van der Waals surface area (Å²) >= 11 is 0. The van der Waals surface area contributed by atoms with Crippen molar-refractivity contribution in [3.63, 3.8) is 0 Å². The van der Waals surface area contributed by atoms with Crippen LogP contribution in [0.15, 0.2) is 71.1 Å². The molecular weight excluding hydrogens is 390 g/mol. The van der Waals surface area contributed by atoms with E-state index >= 15 is 0 Å². The van der Waals surface area contributed by atoms with Gasteiger partial charge in [-0.05, 0) is 35.0 Å². The molecule has 0 amide bonds. The maximum atomic E-state index is 11.9. The fourth-order valence-corrected chi connectivity index (χ4v) is 2.74. The first-order valence-electron chi connectivity index (χ1n) is 8.93. The molecule has 0 spiro atoms. The third-order valence-electron chi connectivity index (χ3n) is 4.23. The van der Waals surface area contributed by atoms with Crippen molar-refractivity contribution in [1.82, 2.24) is 10.2 Å². The van der Waals surface area contributed by atoms with Crippen LogP contribution in [0.5, 0.6) is 5.75 Å². The minimum absolute atomic E-state index is 0.0427. The first-order chi connectivity index (χ1) is 14.6. The second-order valence-corrected chi connectivity index (χ2v) is 6.26. The van der Waals surface area contributed by atoms with Gasteiger partial charge in [-0.25, -0.2) is 4.79 Å². The number of hydrogen-bond acceptors (Lipinski definition) is 8. The second-order valence-electron chi connectivity index (χ2n) is 6.26. The third kappa shape index (κ3) is 4.41. The van der Waals surface area contributed by atoms with E-state index in [1.54, 1.807) is 6.07 Å². The molecule has 0 radical (unpaired) electrons. The molecule has 0 saturated heterocycles. The molecule has 0 aliphatic heterocycles. The average Bonchev–Trinajstić information content (AvgIpc) is 3.25. The van der Waals surface area contributed by atoms with Crippen molar-refractivity contribution in [3.05, 3.63) is 82.7 Å². The zero-order valence-corrected chi connectivity index (χ0v) is 15.6. The maximum absolute atomic E-state index is 11.9. The molecule has 150 valence electrons. The largest absolute Gasteiger partial charge is 0.482 e. The molecule has 0 aliphatic rings. The van der Waals surface area contributed by atoms with Gasteiger partial charge in [0.25, 0.3) is 11.6 Å². The van der Waals surface area contributed by atoms with E-state index in [4.69, 9.17) is 13.9 Å². The average molecular weight is 405 g/mol. The highest BCUT2D eigenvalue weighted by Gasteiger charge is 2.13. The molecule has 0 aliphatic carbocycles. The molecule has 0 atom stereocenters. The molecule has 0 saturated carbocycles. The van der Waals surface area contributed by atoms with E-state index in [0.717, 1.165) is 10.8 Å². The van der Waals surface area contributed by atoms with Crippen LogP contribution < -0.4 is 4.74 Å². The summed E-state index contributed by atoms with van der Waals surface area (Å²) in [5, 5.41) is 20.4. The van der Waals surface area contributed by atoms with Gasteiger partial charge >= 0.3 is 5.97 Å². The van der Waals surface area contributed by atoms with Crippen molar-refractivity contribution in [1.29, 1.82) is 0 Å². The smallest absolute Gasteiger partial charge is 0.344 e. The molecule has 0 fully saturated rings. The summed E-state index contributed by atoms with van der Waals surface area (Å²) in [6.07, 6.45) is 0. The lowest BCUT2D eigenvalue weighted by molar-refractivity contribution is -0.384. The normalized spacial score (nSPS) is 10.7. The number of non-ortho nitro benzene ring substituents is 1. The van der Waals surface area contributed by atoms with Gasteiger partial charge in [0.1, 0.15) is 5.75 Å². The summed E-state index contributed by atoms with van der Waals surface area (Å²) in [5.41, 5.74) is 0.476. The van der Waals surface area contributed by atoms with Crippen molar-refractivity contribution in [3.8, 4) is 17.2 Å². The maximum Gasteiger partial charge on any atom is 0.344 e. The number of fused-ring (bicyclic) bond motifs is 1. The van der Waals surface area contributed by atoms with Crippen LogP contribution in [-0.4, -0.2) is 27.7 Å². The van der Waals surface area contributed by atoms with Crippen LogP contribution in [0.4, 0.5) is 5.69 Å². The van der Waals surface area contributed by atoms with Crippen LogP contribution >= 0.6 is 0 Å². The van der Waals surface area contributed by atoms with Gasteiger partial charge in [0.2, 0.25) is 5.89 Å². The zero-order valence-electron chi connectivity index (χ0n) is 15.6. The lowest BCUT2D eigenvalue weighted by Gasteiger charge is -2.07. The molecule has 0 bridgehead atoms. The number of rotatable bonds is 7. The van der Waals surface area contributed by atoms with E-state index in [2.05, 4.69) is 10.2 Å². The number of carbonyl (C=O) groups excluding carboxylic acids is 1. The van der Waals surface area contributed by atoms with E-state index in [0.29, 0.717) is 11.3 Å². The lowest BCUT2D eigenvalue weighted by atomic mass is 10.1. The van der Waals surface area contributed by atoms with Gasteiger partial charge in [-0.1, -0.05) is 30.3 Å². The standard InChI is InChI=1S/C21H15N3O6/c25-20(13-28-18-10-7-14-3-1-2-4-16(14)11-18)29-12-19-22-23-21(30-19)15-5-8-17(9-6-15)24(26)27/h1-11H,12-13H2. The fraction of sp³-hybridized carbons (Fsp3) is 0.0952. The Hall–Kier alpha value is -4.27. The quantitative estimate of drug-likeness (QED) is 0.258. The molecule has 1 heterocycles. The van der Waals surface area contributed by atoms with E-state index < -0.39 is 10.9 Å². The Balaban J connectivity index is 1.30. The van der Waals surface area contributed by atoms with E-state index in [-0.39, 0.29) is 30.7 Å². The summed E-state index contributed by atoms with van der Waals surface area (Å²) in [4.78, 5) is 22.1. The highest BCUT2D eigenvalue weighted by Crippen LogP contribution is 2.22. The first kappa shape index (κ1) is 19.1. The number of hydrogen-bond donors (Lipinski definition) is 0.